The second-order valence-electron chi connectivity index (χ2n) is 4.14. The number of Topliss-reactive ketones (excluding diaryl/α,β-unsaturated/α-hetero) is 1. The Morgan fingerprint density at radius 1 is 1.15 bits per heavy atom. The van der Waals surface area contributed by atoms with Crippen LogP contribution in [0.2, 0.25) is 5.02 Å². The summed E-state index contributed by atoms with van der Waals surface area (Å²) in [4.78, 5) is 22.8. The summed E-state index contributed by atoms with van der Waals surface area (Å²) in [6, 6.07) is 0. The number of halogens is 1. The molecule has 1 rings (SSSR count). The minimum absolute atomic E-state index is 0.150. The first-order valence-corrected chi connectivity index (χ1v) is 11.6. The van der Waals surface area contributed by atoms with E-state index in [1.54, 1.807) is 14.2 Å². The molecule has 0 aromatic heterocycles. The van der Waals surface area contributed by atoms with E-state index in [1.165, 1.54) is 6.92 Å². The SMILES string of the molecule is COc1c(Cl)[c]([Hg])c(OC)c(NC(=O)CC(C)=O)[c]1[Hg]. The van der Waals surface area contributed by atoms with Crippen molar-refractivity contribution >= 4 is 35.1 Å². The van der Waals surface area contributed by atoms with Gasteiger partial charge in [-0.25, -0.2) is 0 Å². The van der Waals surface area contributed by atoms with Gasteiger partial charge in [-0.15, -0.1) is 0 Å². The van der Waals surface area contributed by atoms with Gasteiger partial charge in [-0.2, -0.15) is 0 Å². The second kappa shape index (κ2) is 7.94. The quantitative estimate of drug-likeness (QED) is 0.369. The first-order valence-electron chi connectivity index (χ1n) is 5.74. The van der Waals surface area contributed by atoms with E-state index in [4.69, 9.17) is 21.1 Å². The van der Waals surface area contributed by atoms with Crippen LogP contribution in [-0.4, -0.2) is 25.9 Å². The molecule has 20 heavy (non-hydrogen) atoms. The van der Waals surface area contributed by atoms with E-state index in [0.717, 1.165) is 6.14 Å². The standard InChI is InChI=1S/C12H12ClNO4.2Hg/c1-7(15)4-12(16)14-9-6-10(17-2)8(13)5-11(9)18-3;;/h4H2,1-3H3,(H,14,16);;. The van der Waals surface area contributed by atoms with Gasteiger partial charge in [0, 0.05) is 0 Å². The molecule has 1 aromatic carbocycles. The number of ketones is 1. The van der Waals surface area contributed by atoms with Crippen LogP contribution in [0.5, 0.6) is 11.5 Å². The van der Waals surface area contributed by atoms with E-state index in [2.05, 4.69) is 5.32 Å². The van der Waals surface area contributed by atoms with Crippen molar-refractivity contribution in [1.82, 2.24) is 0 Å². The van der Waals surface area contributed by atoms with Crippen LogP contribution in [0.15, 0.2) is 0 Å². The maximum atomic E-state index is 11.8. The second-order valence-corrected chi connectivity index (χ2v) is 10.0. The zero-order chi connectivity index (χ0) is 15.4. The van der Waals surface area contributed by atoms with Gasteiger partial charge in [0.2, 0.25) is 0 Å². The summed E-state index contributed by atoms with van der Waals surface area (Å²) in [5, 5.41) is 3.33. The van der Waals surface area contributed by atoms with Crippen molar-refractivity contribution in [1.29, 1.82) is 0 Å². The summed E-state index contributed by atoms with van der Waals surface area (Å²) in [5.74, 6) is 0.677. The summed E-state index contributed by atoms with van der Waals surface area (Å²) >= 11 is 6.64. The van der Waals surface area contributed by atoms with Gasteiger partial charge in [-0.3, -0.25) is 0 Å². The fraction of sp³-hybridized carbons (Fsp3) is 0.333. The van der Waals surface area contributed by atoms with E-state index in [0.29, 0.717) is 22.2 Å². The molecule has 0 heterocycles. The number of nitrogens with one attached hydrogen (secondary N) is 1. The average molecular weight is 671 g/mol. The van der Waals surface area contributed by atoms with E-state index in [-0.39, 0.29) is 70.4 Å². The number of carbonyl (C=O) groups is 2. The van der Waals surface area contributed by atoms with Crippen LogP contribution in [0, 0.1) is 0 Å². The van der Waals surface area contributed by atoms with Gasteiger partial charge in [0.15, 0.2) is 0 Å². The van der Waals surface area contributed by atoms with Crippen LogP contribution in [0.1, 0.15) is 13.3 Å². The Bertz CT molecular complexity index is 563. The molecule has 0 aliphatic carbocycles. The van der Waals surface area contributed by atoms with Crippen LogP contribution in [0.25, 0.3) is 0 Å². The third kappa shape index (κ3) is 4.07. The van der Waals surface area contributed by atoms with Gasteiger partial charge < -0.3 is 0 Å². The molecule has 0 unspecified atom stereocenters. The Balaban J connectivity index is 3.33. The van der Waals surface area contributed by atoms with Gasteiger partial charge in [-0.1, -0.05) is 0 Å². The molecular weight excluding hydrogens is 659 g/mol. The molecule has 1 amide bonds. The van der Waals surface area contributed by atoms with Crippen molar-refractivity contribution in [3.05, 3.63) is 5.02 Å². The first kappa shape index (κ1) is 18.2. The number of ether oxygens (including phenoxy) is 2. The molecule has 100 valence electrons. The van der Waals surface area contributed by atoms with E-state index in [1.807, 2.05) is 0 Å². The third-order valence-corrected chi connectivity index (χ3v) is 9.14. The zero-order valence-electron chi connectivity index (χ0n) is 11.6. The molecular formula is C12H12ClHg2NO4. The van der Waals surface area contributed by atoms with Crippen molar-refractivity contribution in [2.24, 2.45) is 0 Å². The summed E-state index contributed by atoms with van der Waals surface area (Å²) in [6.45, 7) is 1.38. The molecule has 0 saturated carbocycles. The minimum atomic E-state index is -0.348. The number of methoxy groups -OCH3 is 2. The summed E-state index contributed by atoms with van der Waals surface area (Å²) < 4.78 is 12.5. The molecule has 0 atom stereocenters. The van der Waals surface area contributed by atoms with Crippen LogP contribution < -0.4 is 20.9 Å². The average Bonchev–Trinajstić information content (AvgIpc) is 2.36. The van der Waals surface area contributed by atoms with Crippen molar-refractivity contribution < 1.29 is 71.3 Å². The first-order chi connectivity index (χ1) is 9.33. The molecule has 0 aliphatic rings. The van der Waals surface area contributed by atoms with Crippen molar-refractivity contribution in [3.63, 3.8) is 0 Å². The van der Waals surface area contributed by atoms with Crippen molar-refractivity contribution in [3.8, 4) is 11.5 Å². The Morgan fingerprint density at radius 3 is 2.15 bits per heavy atom. The topological polar surface area (TPSA) is 64.6 Å². The van der Waals surface area contributed by atoms with E-state index in [9.17, 15) is 9.59 Å². The summed E-state index contributed by atoms with van der Waals surface area (Å²) in [7, 11) is 3.10. The van der Waals surface area contributed by atoms with Gasteiger partial charge in [-0.05, 0) is 0 Å². The Morgan fingerprint density at radius 2 is 1.70 bits per heavy atom. The number of amides is 1. The van der Waals surface area contributed by atoms with Gasteiger partial charge in [0.05, 0.1) is 0 Å². The van der Waals surface area contributed by atoms with E-state index < -0.39 is 0 Å². The maximum absolute atomic E-state index is 11.8. The molecule has 0 fully saturated rings. The Labute approximate surface area is 154 Å². The van der Waals surface area contributed by atoms with Crippen LogP contribution in [0.4, 0.5) is 5.69 Å². The molecule has 5 nitrogen and oxygen atoms in total. The monoisotopic (exact) mass is 673 g/mol. The van der Waals surface area contributed by atoms with Gasteiger partial charge in [0.1, 0.15) is 0 Å². The molecule has 8 heteroatoms. The van der Waals surface area contributed by atoms with Crippen LogP contribution in [0.3, 0.4) is 0 Å². The van der Waals surface area contributed by atoms with Crippen molar-refractivity contribution in [2.75, 3.05) is 19.5 Å². The third-order valence-electron chi connectivity index (χ3n) is 2.62. The fourth-order valence-corrected chi connectivity index (χ4v) is 6.55. The van der Waals surface area contributed by atoms with E-state index >= 15 is 0 Å². The Kier molecular flexibility index (Phi) is 7.21. The number of carbonyl (C=O) groups excluding carboxylic acids is 2. The van der Waals surface area contributed by atoms with Crippen molar-refractivity contribution in [2.45, 2.75) is 13.3 Å². The molecule has 0 radical (unpaired) electrons. The molecule has 0 aliphatic heterocycles. The number of hydrogen-bond donors (Lipinski definition) is 1. The zero-order valence-corrected chi connectivity index (χ0v) is 23.4. The number of benzene rings is 1. The molecule has 0 saturated heterocycles. The summed E-state index contributed by atoms with van der Waals surface area (Å²) in [5.41, 5.74) is 0.605. The van der Waals surface area contributed by atoms with Gasteiger partial charge in [0.25, 0.3) is 0 Å². The molecule has 1 N–H and O–H groups in total. The predicted octanol–water partition coefficient (Wildman–Crippen LogP) is 0.619. The molecule has 0 bridgehead atoms. The number of hydrogen-bond acceptors (Lipinski definition) is 4. The van der Waals surface area contributed by atoms with Crippen LogP contribution in [-0.2, 0) is 61.8 Å². The fourth-order valence-electron chi connectivity index (χ4n) is 1.75. The van der Waals surface area contributed by atoms with Crippen LogP contribution >= 0.6 is 11.6 Å². The predicted molar refractivity (Wildman–Crippen MR) is 67.8 cm³/mol. The number of rotatable bonds is 5. The molecule has 1 aromatic rings. The normalized spacial score (nSPS) is 10.2. The number of anilines is 1. The van der Waals surface area contributed by atoms with Gasteiger partial charge >= 0.3 is 156 Å². The molecule has 0 spiro atoms. The summed E-state index contributed by atoms with van der Waals surface area (Å²) in [6.07, 6.45) is -0.150. The Hall–Kier alpha value is 0.120.